The van der Waals surface area contributed by atoms with E-state index in [2.05, 4.69) is 30.7 Å². The van der Waals surface area contributed by atoms with Gasteiger partial charge in [0.15, 0.2) is 0 Å². The van der Waals surface area contributed by atoms with Crippen LogP contribution in [0.4, 0.5) is 10.3 Å². The van der Waals surface area contributed by atoms with Crippen LogP contribution in [0.25, 0.3) is 16.8 Å². The normalized spacial score (nSPS) is 17.3. The third-order valence-corrected chi connectivity index (χ3v) is 6.89. The highest BCUT2D eigenvalue weighted by molar-refractivity contribution is 6.51. The number of aromatic amines is 1. The molecule has 4 aromatic rings. The van der Waals surface area contributed by atoms with Crippen LogP contribution in [-0.4, -0.2) is 33.4 Å². The fraction of sp³-hybridized carbons (Fsp3) is 0.281. The minimum Gasteiger partial charge on any atom is -0.507 e. The molecule has 206 valence electrons. The second-order valence-corrected chi connectivity index (χ2v) is 11.5. The fourth-order valence-corrected chi connectivity index (χ4v) is 4.77. The molecule has 5 rings (SSSR count). The third kappa shape index (κ3) is 5.09. The number of hydrogen-bond acceptors (Lipinski definition) is 5. The first kappa shape index (κ1) is 27.1. The van der Waals surface area contributed by atoms with E-state index < -0.39 is 23.5 Å². The van der Waals surface area contributed by atoms with Crippen LogP contribution in [0.5, 0.6) is 5.75 Å². The summed E-state index contributed by atoms with van der Waals surface area (Å²) < 4.78 is 19.7. The van der Waals surface area contributed by atoms with Crippen molar-refractivity contribution in [3.05, 3.63) is 94.8 Å². The van der Waals surface area contributed by atoms with E-state index in [0.29, 0.717) is 40.4 Å². The van der Waals surface area contributed by atoms with Crippen molar-refractivity contribution >= 4 is 34.4 Å². The lowest BCUT2D eigenvalue weighted by molar-refractivity contribution is -0.132. The molecule has 0 spiro atoms. The number of aliphatic hydroxyl groups is 1. The van der Waals surface area contributed by atoms with Crippen LogP contribution in [0.3, 0.4) is 0 Å². The summed E-state index contributed by atoms with van der Waals surface area (Å²) in [6, 6.07) is 17.5. The number of rotatable bonds is 6. The van der Waals surface area contributed by atoms with E-state index in [1.807, 2.05) is 38.1 Å². The first-order chi connectivity index (χ1) is 18.9. The van der Waals surface area contributed by atoms with Crippen LogP contribution in [0, 0.1) is 11.7 Å². The van der Waals surface area contributed by atoms with Gasteiger partial charge in [0.1, 0.15) is 17.3 Å². The molecule has 0 saturated carbocycles. The molecule has 1 aliphatic rings. The maximum Gasteiger partial charge on any atom is 0.302 e. The molecule has 1 atom stereocenters. The molecule has 1 fully saturated rings. The summed E-state index contributed by atoms with van der Waals surface area (Å²) in [6.45, 7) is 10.8. The van der Waals surface area contributed by atoms with Crippen molar-refractivity contribution in [2.75, 3.05) is 11.5 Å². The smallest absolute Gasteiger partial charge is 0.302 e. The van der Waals surface area contributed by atoms with E-state index in [1.165, 1.54) is 23.1 Å². The monoisotopic (exact) mass is 541 g/mol. The van der Waals surface area contributed by atoms with Crippen molar-refractivity contribution in [3.8, 4) is 5.75 Å². The summed E-state index contributed by atoms with van der Waals surface area (Å²) >= 11 is 0. The first-order valence-electron chi connectivity index (χ1n) is 13.2. The number of carbonyl (C=O) groups excluding carboxylic acids is 2. The predicted octanol–water partition coefficient (Wildman–Crippen LogP) is 6.66. The van der Waals surface area contributed by atoms with Crippen molar-refractivity contribution in [1.29, 1.82) is 0 Å². The number of nitrogens with zero attached hydrogens (tertiary/aromatic N) is 2. The Morgan fingerprint density at radius 3 is 2.48 bits per heavy atom. The molecular weight excluding hydrogens is 509 g/mol. The molecule has 1 aromatic heterocycles. The van der Waals surface area contributed by atoms with E-state index in [4.69, 9.17) is 4.74 Å². The number of imidazole rings is 1. The molecule has 0 aliphatic carbocycles. The fourth-order valence-electron chi connectivity index (χ4n) is 4.77. The second kappa shape index (κ2) is 10.3. The third-order valence-electron chi connectivity index (χ3n) is 6.89. The van der Waals surface area contributed by atoms with Crippen molar-refractivity contribution in [2.45, 2.75) is 46.1 Å². The van der Waals surface area contributed by atoms with Gasteiger partial charge in [-0.2, -0.15) is 0 Å². The topological polar surface area (TPSA) is 95.5 Å². The van der Waals surface area contributed by atoms with Gasteiger partial charge in [0, 0.05) is 5.56 Å². The van der Waals surface area contributed by atoms with Gasteiger partial charge in [0.25, 0.3) is 5.78 Å². The zero-order valence-corrected chi connectivity index (χ0v) is 23.2. The van der Waals surface area contributed by atoms with Crippen LogP contribution in [-0.2, 0) is 15.0 Å². The zero-order valence-electron chi connectivity index (χ0n) is 23.2. The Morgan fingerprint density at radius 2 is 1.80 bits per heavy atom. The van der Waals surface area contributed by atoms with E-state index in [-0.39, 0.29) is 22.7 Å². The van der Waals surface area contributed by atoms with Crippen LogP contribution < -0.4 is 9.64 Å². The Bertz CT molecular complexity index is 1630. The number of carbonyl (C=O) groups is 2. The van der Waals surface area contributed by atoms with E-state index in [9.17, 15) is 19.1 Å². The second-order valence-electron chi connectivity index (χ2n) is 11.5. The van der Waals surface area contributed by atoms with E-state index >= 15 is 0 Å². The summed E-state index contributed by atoms with van der Waals surface area (Å²) in [5.41, 5.74) is 2.68. The number of amides is 1. The number of aromatic nitrogens is 2. The van der Waals surface area contributed by atoms with Crippen LogP contribution in [0.1, 0.15) is 57.4 Å². The number of aliphatic hydroxyl groups excluding tert-OH is 1. The highest BCUT2D eigenvalue weighted by Gasteiger charge is 2.48. The molecule has 2 N–H and O–H groups in total. The van der Waals surface area contributed by atoms with Crippen LogP contribution in [0.15, 0.2) is 72.3 Å². The Labute approximate surface area is 232 Å². The first-order valence-corrected chi connectivity index (χ1v) is 13.2. The molecule has 0 bridgehead atoms. The molecule has 1 unspecified atom stereocenters. The summed E-state index contributed by atoms with van der Waals surface area (Å²) in [5.74, 6) is -1.55. The highest BCUT2D eigenvalue weighted by Crippen LogP contribution is 2.42. The maximum atomic E-state index is 13.9. The number of hydrogen-bond donors (Lipinski definition) is 2. The number of ether oxygens (including phenoxy) is 1. The van der Waals surface area contributed by atoms with Crippen LogP contribution in [0.2, 0.25) is 0 Å². The predicted molar refractivity (Wildman–Crippen MR) is 153 cm³/mol. The molecule has 7 nitrogen and oxygen atoms in total. The van der Waals surface area contributed by atoms with Gasteiger partial charge in [-0.15, -0.1) is 0 Å². The van der Waals surface area contributed by atoms with Gasteiger partial charge in [0.05, 0.1) is 29.3 Å². The average molecular weight is 542 g/mol. The largest absolute Gasteiger partial charge is 0.507 e. The molecular formula is C32H32FN3O4. The molecule has 0 radical (unpaired) electrons. The summed E-state index contributed by atoms with van der Waals surface area (Å²) in [5, 5.41) is 11.5. The number of nitrogens with one attached hydrogen (secondary N) is 1. The minimum absolute atomic E-state index is 0.0684. The van der Waals surface area contributed by atoms with Crippen molar-refractivity contribution in [3.63, 3.8) is 0 Å². The lowest BCUT2D eigenvalue weighted by Gasteiger charge is -2.25. The zero-order chi connectivity index (χ0) is 28.8. The Balaban J connectivity index is 1.67. The number of Topliss-reactive ketones (excluding diaryl/α,β-unsaturated/α-hetero) is 1. The number of fused-ring (bicyclic) bond motifs is 1. The van der Waals surface area contributed by atoms with Gasteiger partial charge in [-0.3, -0.25) is 14.5 Å². The van der Waals surface area contributed by atoms with E-state index in [0.717, 1.165) is 5.56 Å². The standard InChI is InChI=1S/C32H32FN3O4/c1-18(2)17-40-23-8-6-7-20(15-23)28(37)26-27(19-9-11-21(12-10-19)32(3,4)5)36(30(39)29(26)38)31-34-24-14-13-22(33)16-25(24)35-31/h6-16,18,27,37H,17H2,1-5H3,(H,34,35)/b28-26+. The van der Waals surface area contributed by atoms with Gasteiger partial charge in [-0.25, -0.2) is 9.37 Å². The Kier molecular flexibility index (Phi) is 6.96. The molecule has 1 saturated heterocycles. The quantitative estimate of drug-likeness (QED) is 0.162. The number of benzene rings is 3. The van der Waals surface area contributed by atoms with Gasteiger partial charge in [-0.1, -0.05) is 71.0 Å². The van der Waals surface area contributed by atoms with Crippen molar-refractivity contribution in [2.24, 2.45) is 5.92 Å². The number of anilines is 1. The lowest BCUT2D eigenvalue weighted by Crippen LogP contribution is -2.30. The molecule has 1 amide bonds. The minimum atomic E-state index is -0.973. The Hall–Kier alpha value is -4.46. The SMILES string of the molecule is CC(C)COc1cccc(/C(O)=C2\C(=O)C(=O)N(c3nc4ccc(F)cc4[nH]3)C2c2ccc(C(C)(C)C)cc2)c1. The van der Waals surface area contributed by atoms with Crippen molar-refractivity contribution < 1.29 is 23.8 Å². The molecule has 1 aliphatic heterocycles. The summed E-state index contributed by atoms with van der Waals surface area (Å²) in [6.07, 6.45) is 0. The van der Waals surface area contributed by atoms with Gasteiger partial charge in [-0.05, 0) is 52.8 Å². The van der Waals surface area contributed by atoms with Crippen LogP contribution >= 0.6 is 0 Å². The number of halogens is 1. The molecule has 40 heavy (non-hydrogen) atoms. The average Bonchev–Trinajstić information content (AvgIpc) is 3.44. The van der Waals surface area contributed by atoms with E-state index in [1.54, 1.807) is 24.3 Å². The molecule has 8 heteroatoms. The Morgan fingerprint density at radius 1 is 1.07 bits per heavy atom. The molecule has 2 heterocycles. The highest BCUT2D eigenvalue weighted by atomic mass is 19.1. The summed E-state index contributed by atoms with van der Waals surface area (Å²) in [4.78, 5) is 35.8. The molecule has 3 aromatic carbocycles. The summed E-state index contributed by atoms with van der Waals surface area (Å²) in [7, 11) is 0. The van der Waals surface area contributed by atoms with Crippen molar-refractivity contribution in [1.82, 2.24) is 9.97 Å². The maximum absolute atomic E-state index is 13.9. The number of ketones is 1. The van der Waals surface area contributed by atoms with Gasteiger partial charge < -0.3 is 14.8 Å². The lowest BCUT2D eigenvalue weighted by atomic mass is 9.85. The van der Waals surface area contributed by atoms with Gasteiger partial charge >= 0.3 is 5.91 Å². The number of H-pyrrole nitrogens is 1. The van der Waals surface area contributed by atoms with Gasteiger partial charge in [0.2, 0.25) is 5.95 Å².